The molecule has 1 saturated heterocycles. The van der Waals surface area contributed by atoms with Crippen molar-refractivity contribution in [2.45, 2.75) is 44.8 Å². The van der Waals surface area contributed by atoms with E-state index in [1.165, 1.54) is 0 Å². The molecule has 33 heavy (non-hydrogen) atoms. The topological polar surface area (TPSA) is 103 Å². The summed E-state index contributed by atoms with van der Waals surface area (Å²) in [5.41, 5.74) is 1.83. The predicted molar refractivity (Wildman–Crippen MR) is 123 cm³/mol. The average molecular weight is 456 g/mol. The molecule has 2 aliphatic heterocycles. The number of urea groups is 1. The second kappa shape index (κ2) is 10.4. The van der Waals surface area contributed by atoms with E-state index in [1.807, 2.05) is 37.3 Å². The first-order valence-electron chi connectivity index (χ1n) is 11.8. The first kappa shape index (κ1) is 23.3. The van der Waals surface area contributed by atoms with Crippen molar-refractivity contribution in [3.8, 4) is 0 Å². The molecule has 3 aliphatic rings. The Kier molecular flexibility index (Phi) is 7.29. The molecule has 4 rings (SSSR count). The molecule has 9 heteroatoms. The van der Waals surface area contributed by atoms with Gasteiger partial charge in [-0.15, -0.1) is 0 Å². The Morgan fingerprint density at radius 2 is 1.85 bits per heavy atom. The molecule has 9 nitrogen and oxygen atoms in total. The minimum Gasteiger partial charge on any atom is -0.463 e. The molecule has 3 N–H and O–H groups in total. The Hall–Kier alpha value is -2.91. The van der Waals surface area contributed by atoms with Gasteiger partial charge in [-0.25, -0.2) is 9.59 Å². The Morgan fingerprint density at radius 3 is 2.48 bits per heavy atom. The van der Waals surface area contributed by atoms with Crippen LogP contribution in [0.4, 0.5) is 4.79 Å². The lowest BCUT2D eigenvalue weighted by molar-refractivity contribution is -0.139. The molecular formula is C24H33N5O4. The fourth-order valence-electron chi connectivity index (χ4n) is 4.34. The number of amides is 3. The summed E-state index contributed by atoms with van der Waals surface area (Å²) in [6, 6.07) is 8.72. The molecule has 2 heterocycles. The number of benzene rings is 1. The van der Waals surface area contributed by atoms with Gasteiger partial charge >= 0.3 is 12.0 Å². The normalized spacial score (nSPS) is 22.8. The van der Waals surface area contributed by atoms with E-state index in [0.717, 1.165) is 44.6 Å². The molecule has 2 atom stereocenters. The predicted octanol–water partition coefficient (Wildman–Crippen LogP) is 1.14. The molecule has 1 aromatic rings. The van der Waals surface area contributed by atoms with Crippen molar-refractivity contribution in [2.75, 3.05) is 39.3 Å². The van der Waals surface area contributed by atoms with Crippen molar-refractivity contribution in [3.63, 3.8) is 0 Å². The van der Waals surface area contributed by atoms with Crippen LogP contribution in [0.1, 0.15) is 38.3 Å². The van der Waals surface area contributed by atoms with Gasteiger partial charge in [-0.05, 0) is 32.3 Å². The molecule has 0 spiro atoms. The van der Waals surface area contributed by atoms with Crippen LogP contribution in [-0.4, -0.2) is 79.1 Å². The summed E-state index contributed by atoms with van der Waals surface area (Å²) in [6.07, 6.45) is 2.16. The van der Waals surface area contributed by atoms with E-state index in [1.54, 1.807) is 6.92 Å². The third-order valence-electron chi connectivity index (χ3n) is 6.42. The van der Waals surface area contributed by atoms with Gasteiger partial charge in [0, 0.05) is 44.5 Å². The first-order valence-corrected chi connectivity index (χ1v) is 11.8. The molecule has 3 amide bonds. The number of rotatable bonds is 8. The summed E-state index contributed by atoms with van der Waals surface area (Å²) in [5.74, 6) is -0.340. The molecule has 1 saturated carbocycles. The highest BCUT2D eigenvalue weighted by atomic mass is 16.5. The van der Waals surface area contributed by atoms with Gasteiger partial charge in [0.15, 0.2) is 0 Å². The first-order chi connectivity index (χ1) is 16.0. The van der Waals surface area contributed by atoms with Gasteiger partial charge < -0.3 is 20.7 Å². The maximum Gasteiger partial charge on any atom is 0.338 e. The van der Waals surface area contributed by atoms with Crippen LogP contribution in [0.15, 0.2) is 41.6 Å². The maximum absolute atomic E-state index is 12.9. The Labute approximate surface area is 194 Å². The second-order valence-corrected chi connectivity index (χ2v) is 8.83. The number of piperazine rings is 1. The van der Waals surface area contributed by atoms with Gasteiger partial charge in [-0.2, -0.15) is 0 Å². The van der Waals surface area contributed by atoms with Crippen LogP contribution in [0.3, 0.4) is 0 Å². The molecule has 0 aromatic heterocycles. The Bertz CT molecular complexity index is 907. The van der Waals surface area contributed by atoms with Gasteiger partial charge in [0.2, 0.25) is 5.91 Å². The third-order valence-corrected chi connectivity index (χ3v) is 6.42. The molecule has 178 valence electrons. The molecule has 2 fully saturated rings. The van der Waals surface area contributed by atoms with Gasteiger partial charge in [-0.3, -0.25) is 14.6 Å². The Morgan fingerprint density at radius 1 is 1.15 bits per heavy atom. The van der Waals surface area contributed by atoms with Crippen molar-refractivity contribution in [2.24, 2.45) is 0 Å². The molecule has 1 aromatic carbocycles. The molecule has 0 unspecified atom stereocenters. The monoisotopic (exact) mass is 455 g/mol. The number of carbonyl (C=O) groups excluding carboxylic acids is 3. The summed E-state index contributed by atoms with van der Waals surface area (Å²) in [7, 11) is 0. The summed E-state index contributed by atoms with van der Waals surface area (Å²) >= 11 is 0. The largest absolute Gasteiger partial charge is 0.463 e. The van der Waals surface area contributed by atoms with Gasteiger partial charge in [0.05, 0.1) is 24.3 Å². The minimum absolute atomic E-state index is 0.0922. The van der Waals surface area contributed by atoms with Crippen LogP contribution in [0, 0.1) is 0 Å². The lowest BCUT2D eigenvalue weighted by Crippen LogP contribution is -2.55. The maximum atomic E-state index is 12.9. The lowest BCUT2D eigenvalue weighted by atomic mass is 9.95. The van der Waals surface area contributed by atoms with E-state index in [-0.39, 0.29) is 24.6 Å². The number of esters is 1. The van der Waals surface area contributed by atoms with Crippen molar-refractivity contribution >= 4 is 17.9 Å². The number of ether oxygens (including phenoxy) is 1. The Balaban J connectivity index is 1.46. The summed E-state index contributed by atoms with van der Waals surface area (Å²) in [5, 5.41) is 8.78. The highest BCUT2D eigenvalue weighted by Crippen LogP contribution is 2.28. The number of hydrogen-bond acceptors (Lipinski definition) is 6. The molecule has 1 aliphatic carbocycles. The fraction of sp³-hybridized carbons (Fsp3) is 0.542. The van der Waals surface area contributed by atoms with Crippen LogP contribution in [-0.2, 0) is 14.3 Å². The van der Waals surface area contributed by atoms with Gasteiger partial charge in [0.25, 0.3) is 0 Å². The summed E-state index contributed by atoms with van der Waals surface area (Å²) in [6.45, 7) is 7.37. The SMILES string of the molecule is CCOC(=O)C1=C(CN2CCN([C@@H](C)C(=O)NC3CC3)CC2)NC(=O)N[C@H]1c1ccccc1. The van der Waals surface area contributed by atoms with Crippen molar-refractivity contribution in [3.05, 3.63) is 47.2 Å². The molecule has 0 radical (unpaired) electrons. The zero-order valence-corrected chi connectivity index (χ0v) is 19.3. The summed E-state index contributed by atoms with van der Waals surface area (Å²) in [4.78, 5) is 42.1. The zero-order valence-electron chi connectivity index (χ0n) is 19.3. The number of nitrogens with one attached hydrogen (secondary N) is 3. The van der Waals surface area contributed by atoms with E-state index >= 15 is 0 Å². The van der Waals surface area contributed by atoms with Crippen molar-refractivity contribution in [1.29, 1.82) is 0 Å². The van der Waals surface area contributed by atoms with Crippen LogP contribution < -0.4 is 16.0 Å². The standard InChI is InChI=1S/C24H33N5O4/c1-3-33-23(31)20-19(26-24(32)27-21(20)17-7-5-4-6-8-17)15-28-11-13-29(14-12-28)16(2)22(30)25-18-9-10-18/h4-8,16,18,21H,3,9-15H2,1-2H3,(H,25,30)(H2,26,27,32)/t16-,21-/m0/s1. The zero-order chi connectivity index (χ0) is 23.4. The van der Waals surface area contributed by atoms with E-state index in [0.29, 0.717) is 23.9 Å². The van der Waals surface area contributed by atoms with Crippen molar-refractivity contribution in [1.82, 2.24) is 25.8 Å². The second-order valence-electron chi connectivity index (χ2n) is 8.83. The fourth-order valence-corrected chi connectivity index (χ4v) is 4.34. The van der Waals surface area contributed by atoms with Crippen LogP contribution >= 0.6 is 0 Å². The minimum atomic E-state index is -0.568. The summed E-state index contributed by atoms with van der Waals surface area (Å²) < 4.78 is 5.34. The van der Waals surface area contributed by atoms with E-state index in [4.69, 9.17) is 4.74 Å². The van der Waals surface area contributed by atoms with E-state index in [2.05, 4.69) is 25.8 Å². The smallest absolute Gasteiger partial charge is 0.338 e. The highest BCUT2D eigenvalue weighted by molar-refractivity contribution is 5.95. The average Bonchev–Trinajstić information content (AvgIpc) is 3.63. The highest BCUT2D eigenvalue weighted by Gasteiger charge is 2.35. The molecular weight excluding hydrogens is 422 g/mol. The van der Waals surface area contributed by atoms with Gasteiger partial charge in [-0.1, -0.05) is 30.3 Å². The van der Waals surface area contributed by atoms with Gasteiger partial charge in [0.1, 0.15) is 0 Å². The number of nitrogens with zero attached hydrogens (tertiary/aromatic N) is 2. The number of hydrogen-bond donors (Lipinski definition) is 3. The van der Waals surface area contributed by atoms with Crippen LogP contribution in [0.2, 0.25) is 0 Å². The third kappa shape index (κ3) is 5.72. The quantitative estimate of drug-likeness (QED) is 0.508. The van der Waals surface area contributed by atoms with E-state index < -0.39 is 12.0 Å². The lowest BCUT2D eigenvalue weighted by Gasteiger charge is -2.38. The van der Waals surface area contributed by atoms with Crippen LogP contribution in [0.5, 0.6) is 0 Å². The molecule has 0 bridgehead atoms. The van der Waals surface area contributed by atoms with Crippen LogP contribution in [0.25, 0.3) is 0 Å². The van der Waals surface area contributed by atoms with Crippen molar-refractivity contribution < 1.29 is 19.1 Å². The number of carbonyl (C=O) groups is 3. The van der Waals surface area contributed by atoms with E-state index in [9.17, 15) is 14.4 Å².